The van der Waals surface area contributed by atoms with E-state index in [1.807, 2.05) is 32.0 Å². The van der Waals surface area contributed by atoms with Crippen molar-refractivity contribution < 1.29 is 9.90 Å². The molecule has 0 unspecified atom stereocenters. The molecule has 122 valence electrons. The van der Waals surface area contributed by atoms with E-state index >= 15 is 0 Å². The predicted molar refractivity (Wildman–Crippen MR) is 96.3 cm³/mol. The van der Waals surface area contributed by atoms with Crippen LogP contribution in [0.1, 0.15) is 16.7 Å². The number of amides is 1. The zero-order valence-electron chi connectivity index (χ0n) is 13.0. The highest BCUT2D eigenvalue weighted by Gasteiger charge is 2.12. The van der Waals surface area contributed by atoms with Crippen LogP contribution in [0.3, 0.4) is 0 Å². The molecule has 0 aliphatic heterocycles. The molecule has 0 saturated carbocycles. The smallest absolute Gasteiger partial charge is 0.266 e. The van der Waals surface area contributed by atoms with Crippen LogP contribution in [0.5, 0.6) is 5.75 Å². The number of nitrogens with one attached hydrogen (secondary N) is 1. The van der Waals surface area contributed by atoms with E-state index in [1.165, 1.54) is 18.2 Å². The van der Waals surface area contributed by atoms with E-state index in [4.69, 9.17) is 23.2 Å². The number of phenolic OH excluding ortho intramolecular Hbond substituents is 1. The zero-order valence-corrected chi connectivity index (χ0v) is 14.5. The van der Waals surface area contributed by atoms with Gasteiger partial charge in [-0.2, -0.15) is 5.26 Å². The van der Waals surface area contributed by atoms with Crippen molar-refractivity contribution >= 4 is 40.9 Å². The zero-order chi connectivity index (χ0) is 17.9. The molecular formula is C18H14Cl2N2O2. The van der Waals surface area contributed by atoms with E-state index in [-0.39, 0.29) is 21.4 Å². The molecule has 0 fully saturated rings. The highest BCUT2D eigenvalue weighted by Crippen LogP contribution is 2.33. The molecule has 2 N–H and O–H groups in total. The van der Waals surface area contributed by atoms with Crippen molar-refractivity contribution in [1.29, 1.82) is 5.26 Å². The first-order valence-electron chi connectivity index (χ1n) is 7.00. The summed E-state index contributed by atoms with van der Waals surface area (Å²) in [5, 5.41) is 21.5. The first kappa shape index (κ1) is 17.9. The molecule has 6 heteroatoms. The van der Waals surface area contributed by atoms with Gasteiger partial charge in [0, 0.05) is 5.69 Å². The first-order valence-corrected chi connectivity index (χ1v) is 7.76. The number of hydrogen-bond acceptors (Lipinski definition) is 3. The molecule has 0 heterocycles. The van der Waals surface area contributed by atoms with Gasteiger partial charge in [0.05, 0.1) is 10.0 Å². The summed E-state index contributed by atoms with van der Waals surface area (Å²) in [6.07, 6.45) is 1.35. The lowest BCUT2D eigenvalue weighted by molar-refractivity contribution is -0.112. The SMILES string of the molecule is Cc1ccc(NC(=O)/C(C#N)=C/c2cc(Cl)c(O)c(Cl)c2)cc1C. The predicted octanol–water partition coefficient (Wildman–Crippen LogP) is 4.86. The van der Waals surface area contributed by atoms with E-state index < -0.39 is 5.91 Å². The van der Waals surface area contributed by atoms with Gasteiger partial charge in [0.2, 0.25) is 0 Å². The third-order valence-corrected chi connectivity index (χ3v) is 4.06. The fraction of sp³-hybridized carbons (Fsp3) is 0.111. The van der Waals surface area contributed by atoms with E-state index in [0.29, 0.717) is 11.3 Å². The lowest BCUT2D eigenvalue weighted by atomic mass is 10.1. The Kier molecular flexibility index (Phi) is 5.50. The van der Waals surface area contributed by atoms with Gasteiger partial charge in [0.25, 0.3) is 5.91 Å². The Morgan fingerprint density at radius 2 is 1.79 bits per heavy atom. The third-order valence-electron chi connectivity index (χ3n) is 3.48. The quantitative estimate of drug-likeness (QED) is 0.606. The monoisotopic (exact) mass is 360 g/mol. The number of nitrogens with zero attached hydrogens (tertiary/aromatic N) is 1. The maximum Gasteiger partial charge on any atom is 0.266 e. The lowest BCUT2D eigenvalue weighted by Gasteiger charge is -2.07. The second-order valence-corrected chi connectivity index (χ2v) is 6.07. The number of phenols is 1. The van der Waals surface area contributed by atoms with Gasteiger partial charge in [-0.1, -0.05) is 29.3 Å². The van der Waals surface area contributed by atoms with E-state index in [1.54, 1.807) is 6.07 Å². The number of carbonyl (C=O) groups is 1. The van der Waals surface area contributed by atoms with Gasteiger partial charge in [-0.05, 0) is 60.9 Å². The van der Waals surface area contributed by atoms with E-state index in [0.717, 1.165) is 11.1 Å². The topological polar surface area (TPSA) is 73.1 Å². The standard InChI is InChI=1S/C18H14Cl2N2O2/c1-10-3-4-14(5-11(10)2)22-18(24)13(9-21)6-12-7-15(19)17(23)16(20)8-12/h3-8,23H,1-2H3,(H,22,24)/b13-6+. The average molecular weight is 361 g/mol. The maximum atomic E-state index is 12.3. The van der Waals surface area contributed by atoms with Crippen LogP contribution in [0.25, 0.3) is 6.08 Å². The summed E-state index contributed by atoms with van der Waals surface area (Å²) < 4.78 is 0. The minimum atomic E-state index is -0.541. The van der Waals surface area contributed by atoms with Crippen LogP contribution in [0.4, 0.5) is 5.69 Å². The number of hydrogen-bond donors (Lipinski definition) is 2. The second-order valence-electron chi connectivity index (χ2n) is 5.26. The number of aromatic hydroxyl groups is 1. The highest BCUT2D eigenvalue weighted by molar-refractivity contribution is 6.37. The molecule has 0 aromatic heterocycles. The molecule has 0 aliphatic carbocycles. The Morgan fingerprint density at radius 1 is 1.17 bits per heavy atom. The molecule has 0 aliphatic rings. The Morgan fingerprint density at radius 3 is 2.33 bits per heavy atom. The molecule has 2 aromatic rings. The summed E-state index contributed by atoms with van der Waals surface area (Å²) in [6, 6.07) is 10.2. The van der Waals surface area contributed by atoms with Gasteiger partial charge in [-0.3, -0.25) is 4.79 Å². The lowest BCUT2D eigenvalue weighted by Crippen LogP contribution is -2.13. The second kappa shape index (κ2) is 7.39. The summed E-state index contributed by atoms with van der Waals surface area (Å²) in [7, 11) is 0. The fourth-order valence-electron chi connectivity index (χ4n) is 2.00. The molecule has 24 heavy (non-hydrogen) atoms. The molecule has 0 bridgehead atoms. The molecule has 2 aromatic carbocycles. The van der Waals surface area contributed by atoms with E-state index in [9.17, 15) is 15.2 Å². The van der Waals surface area contributed by atoms with Gasteiger partial charge in [-0.15, -0.1) is 0 Å². The number of rotatable bonds is 3. The van der Waals surface area contributed by atoms with Gasteiger partial charge >= 0.3 is 0 Å². The number of halogens is 2. The average Bonchev–Trinajstić information content (AvgIpc) is 2.53. The van der Waals surface area contributed by atoms with Crippen LogP contribution in [0, 0.1) is 25.2 Å². The molecular weight excluding hydrogens is 347 g/mol. The first-order chi connectivity index (χ1) is 11.3. The van der Waals surface area contributed by atoms with Crippen LogP contribution in [-0.4, -0.2) is 11.0 Å². The molecule has 0 radical (unpaired) electrons. The maximum absolute atomic E-state index is 12.3. The molecule has 4 nitrogen and oxygen atoms in total. The van der Waals surface area contributed by atoms with Crippen LogP contribution < -0.4 is 5.32 Å². The highest BCUT2D eigenvalue weighted by atomic mass is 35.5. The van der Waals surface area contributed by atoms with Crippen LogP contribution in [0.15, 0.2) is 35.9 Å². The number of anilines is 1. The van der Waals surface area contributed by atoms with Crippen molar-refractivity contribution in [2.75, 3.05) is 5.32 Å². The number of nitriles is 1. The summed E-state index contributed by atoms with van der Waals surface area (Å²) in [6.45, 7) is 3.91. The van der Waals surface area contributed by atoms with Crippen molar-refractivity contribution in [3.05, 3.63) is 62.6 Å². The van der Waals surface area contributed by atoms with Crippen molar-refractivity contribution in [1.82, 2.24) is 0 Å². The Bertz CT molecular complexity index is 860. The summed E-state index contributed by atoms with van der Waals surface area (Å²) in [5.74, 6) is -0.783. The molecule has 2 rings (SSSR count). The normalized spacial score (nSPS) is 11.0. The summed E-state index contributed by atoms with van der Waals surface area (Å²) in [4.78, 5) is 12.3. The van der Waals surface area contributed by atoms with Gasteiger partial charge < -0.3 is 10.4 Å². The van der Waals surface area contributed by atoms with Gasteiger partial charge in [-0.25, -0.2) is 0 Å². The molecule has 0 spiro atoms. The minimum absolute atomic E-state index is 0.0422. The van der Waals surface area contributed by atoms with Crippen LogP contribution >= 0.6 is 23.2 Å². The minimum Gasteiger partial charge on any atom is -0.505 e. The van der Waals surface area contributed by atoms with Crippen LogP contribution in [-0.2, 0) is 4.79 Å². The summed E-state index contributed by atoms with van der Waals surface area (Å²) >= 11 is 11.7. The van der Waals surface area contributed by atoms with Gasteiger partial charge in [0.15, 0.2) is 5.75 Å². The summed E-state index contributed by atoms with van der Waals surface area (Å²) in [5.41, 5.74) is 3.08. The Labute approximate surface area is 149 Å². The largest absolute Gasteiger partial charge is 0.505 e. The van der Waals surface area contributed by atoms with E-state index in [2.05, 4.69) is 5.32 Å². The Hall–Kier alpha value is -2.48. The van der Waals surface area contributed by atoms with Gasteiger partial charge in [0.1, 0.15) is 11.6 Å². The van der Waals surface area contributed by atoms with Crippen molar-refractivity contribution in [3.63, 3.8) is 0 Å². The fourth-order valence-corrected chi connectivity index (χ4v) is 2.51. The number of benzene rings is 2. The Balaban J connectivity index is 2.29. The molecule has 0 saturated heterocycles. The number of carbonyl (C=O) groups excluding carboxylic acids is 1. The number of aryl methyl sites for hydroxylation is 2. The van der Waals surface area contributed by atoms with Crippen molar-refractivity contribution in [2.24, 2.45) is 0 Å². The van der Waals surface area contributed by atoms with Crippen molar-refractivity contribution in [2.45, 2.75) is 13.8 Å². The van der Waals surface area contributed by atoms with Crippen molar-refractivity contribution in [3.8, 4) is 11.8 Å². The third kappa shape index (κ3) is 4.08. The molecule has 0 atom stereocenters. The molecule has 1 amide bonds. The van der Waals surface area contributed by atoms with Crippen LogP contribution in [0.2, 0.25) is 10.0 Å².